The molecule has 1 fully saturated rings. The Kier molecular flexibility index (Phi) is 3.89. The van der Waals surface area contributed by atoms with E-state index >= 15 is 0 Å². The fraction of sp³-hybridized carbons (Fsp3) is 0.0588. The highest BCUT2D eigenvalue weighted by molar-refractivity contribution is 7.80. The van der Waals surface area contributed by atoms with Gasteiger partial charge in [-0.2, -0.15) is 0 Å². The van der Waals surface area contributed by atoms with Crippen LogP contribution in [0.5, 0.6) is 5.75 Å². The predicted molar refractivity (Wildman–Crippen MR) is 90.6 cm³/mol. The summed E-state index contributed by atoms with van der Waals surface area (Å²) in [4.78, 5) is 14.1. The van der Waals surface area contributed by atoms with Gasteiger partial charge in [-0.15, -0.1) is 0 Å². The van der Waals surface area contributed by atoms with Gasteiger partial charge < -0.3 is 10.1 Å². The zero-order valence-corrected chi connectivity index (χ0v) is 12.8. The molecule has 0 spiro atoms. The van der Waals surface area contributed by atoms with E-state index < -0.39 is 0 Å². The fourth-order valence-corrected chi connectivity index (χ4v) is 2.58. The number of carbonyl (C=O) groups excluding carboxylic acids is 1. The quantitative estimate of drug-likeness (QED) is 0.699. The molecule has 5 heteroatoms. The summed E-state index contributed by atoms with van der Waals surface area (Å²) in [6.45, 7) is 0. The number of nitrogens with one attached hydrogen (secondary N) is 1. The van der Waals surface area contributed by atoms with Crippen LogP contribution in [0.3, 0.4) is 0 Å². The summed E-state index contributed by atoms with van der Waals surface area (Å²) in [5, 5.41) is 3.31. The number of ether oxygens (including phenoxy) is 1. The van der Waals surface area contributed by atoms with Gasteiger partial charge in [0.15, 0.2) is 5.11 Å². The summed E-state index contributed by atoms with van der Waals surface area (Å²) in [5.41, 5.74) is 2.01. The monoisotopic (exact) mass is 310 g/mol. The number of anilines is 1. The van der Waals surface area contributed by atoms with Crippen LogP contribution in [-0.4, -0.2) is 18.1 Å². The van der Waals surface area contributed by atoms with Crippen molar-refractivity contribution in [1.82, 2.24) is 5.32 Å². The van der Waals surface area contributed by atoms with Crippen LogP contribution in [0.2, 0.25) is 0 Å². The largest absolute Gasteiger partial charge is 0.495 e. The summed E-state index contributed by atoms with van der Waals surface area (Å²) in [6, 6.07) is 16.9. The summed E-state index contributed by atoms with van der Waals surface area (Å²) in [7, 11) is 1.57. The van der Waals surface area contributed by atoms with Gasteiger partial charge in [-0.05, 0) is 36.0 Å². The van der Waals surface area contributed by atoms with Gasteiger partial charge in [0.2, 0.25) is 0 Å². The van der Waals surface area contributed by atoms with Gasteiger partial charge in [-0.25, -0.2) is 4.90 Å². The first-order valence-corrected chi connectivity index (χ1v) is 7.17. The molecule has 1 saturated heterocycles. The third-order valence-corrected chi connectivity index (χ3v) is 3.60. The molecule has 0 saturated carbocycles. The van der Waals surface area contributed by atoms with Crippen molar-refractivity contribution < 1.29 is 9.53 Å². The third kappa shape index (κ3) is 2.58. The highest BCUT2D eigenvalue weighted by atomic mass is 32.1. The van der Waals surface area contributed by atoms with Gasteiger partial charge in [0.05, 0.1) is 12.8 Å². The van der Waals surface area contributed by atoms with Crippen LogP contribution >= 0.6 is 12.2 Å². The van der Waals surface area contributed by atoms with Crippen LogP contribution in [0.4, 0.5) is 5.69 Å². The standard InChI is InChI=1S/C17H14N2O2S/c1-21-15-10-6-5-9-14(15)19-16(20)13(18-17(19)22)11-12-7-3-2-4-8-12/h2-11H,1H3,(H,18,22)/b13-11+. The fourth-order valence-electron chi connectivity index (χ4n) is 2.28. The Morgan fingerprint density at radius 2 is 1.77 bits per heavy atom. The molecule has 2 aromatic rings. The van der Waals surface area contributed by atoms with Crippen molar-refractivity contribution in [2.75, 3.05) is 12.0 Å². The molecule has 22 heavy (non-hydrogen) atoms. The lowest BCUT2D eigenvalue weighted by Crippen LogP contribution is -2.30. The Morgan fingerprint density at radius 3 is 2.50 bits per heavy atom. The van der Waals surface area contributed by atoms with Crippen molar-refractivity contribution >= 4 is 35.0 Å². The maximum absolute atomic E-state index is 12.6. The maximum Gasteiger partial charge on any atom is 0.281 e. The lowest BCUT2D eigenvalue weighted by molar-refractivity contribution is -0.113. The molecular formula is C17H14N2O2S. The van der Waals surface area contributed by atoms with E-state index in [2.05, 4.69) is 5.32 Å². The van der Waals surface area contributed by atoms with Gasteiger partial charge in [-0.1, -0.05) is 42.5 Å². The van der Waals surface area contributed by atoms with E-state index in [1.807, 2.05) is 42.5 Å². The van der Waals surface area contributed by atoms with E-state index in [1.54, 1.807) is 25.3 Å². The maximum atomic E-state index is 12.6. The first-order chi connectivity index (χ1) is 10.7. The number of benzene rings is 2. The predicted octanol–water partition coefficient (Wildman–Crippen LogP) is 2.96. The Labute approximate surface area is 134 Å². The molecule has 0 bridgehead atoms. The first-order valence-electron chi connectivity index (χ1n) is 6.76. The number of methoxy groups -OCH3 is 1. The van der Waals surface area contributed by atoms with E-state index in [0.29, 0.717) is 22.2 Å². The number of nitrogens with zero attached hydrogens (tertiary/aromatic N) is 1. The minimum absolute atomic E-state index is 0.196. The molecule has 1 heterocycles. The molecule has 0 aliphatic carbocycles. The van der Waals surface area contributed by atoms with Crippen LogP contribution in [0.15, 0.2) is 60.3 Å². The van der Waals surface area contributed by atoms with Crippen molar-refractivity contribution in [2.24, 2.45) is 0 Å². The van der Waals surface area contributed by atoms with Crippen molar-refractivity contribution in [3.8, 4) is 5.75 Å². The van der Waals surface area contributed by atoms with Crippen LogP contribution in [0, 0.1) is 0 Å². The normalized spacial score (nSPS) is 16.0. The van der Waals surface area contributed by atoms with Crippen LogP contribution in [0.1, 0.15) is 5.56 Å². The highest BCUT2D eigenvalue weighted by Crippen LogP contribution is 2.31. The molecular weight excluding hydrogens is 296 g/mol. The lowest BCUT2D eigenvalue weighted by atomic mass is 10.2. The third-order valence-electron chi connectivity index (χ3n) is 3.31. The Bertz CT molecular complexity index is 756. The Hall–Kier alpha value is -2.66. The summed E-state index contributed by atoms with van der Waals surface area (Å²) in [5.74, 6) is 0.402. The lowest BCUT2D eigenvalue weighted by Gasteiger charge is -2.17. The highest BCUT2D eigenvalue weighted by Gasteiger charge is 2.33. The van der Waals surface area contributed by atoms with Crippen LogP contribution < -0.4 is 15.0 Å². The minimum atomic E-state index is -0.196. The average molecular weight is 310 g/mol. The molecule has 0 radical (unpaired) electrons. The van der Waals surface area contributed by atoms with Gasteiger partial charge in [0.1, 0.15) is 11.4 Å². The molecule has 110 valence electrons. The average Bonchev–Trinajstić information content (AvgIpc) is 2.82. The molecule has 4 nitrogen and oxygen atoms in total. The van der Waals surface area contributed by atoms with Crippen LogP contribution in [-0.2, 0) is 4.79 Å². The van der Waals surface area contributed by atoms with E-state index in [9.17, 15) is 4.79 Å². The number of hydrogen-bond acceptors (Lipinski definition) is 3. The topological polar surface area (TPSA) is 41.6 Å². The summed E-state index contributed by atoms with van der Waals surface area (Å²) in [6.07, 6.45) is 1.78. The van der Waals surface area contributed by atoms with Crippen molar-refractivity contribution in [1.29, 1.82) is 0 Å². The molecule has 2 aromatic carbocycles. The molecule has 0 aromatic heterocycles. The number of carbonyl (C=O) groups is 1. The van der Waals surface area contributed by atoms with E-state index in [4.69, 9.17) is 17.0 Å². The molecule has 1 aliphatic rings. The zero-order valence-electron chi connectivity index (χ0n) is 11.9. The first kappa shape index (κ1) is 14.3. The smallest absolute Gasteiger partial charge is 0.281 e. The van der Waals surface area contributed by atoms with E-state index in [1.165, 1.54) is 4.90 Å². The van der Waals surface area contributed by atoms with Gasteiger partial charge in [-0.3, -0.25) is 4.79 Å². The molecule has 0 atom stereocenters. The van der Waals surface area contributed by atoms with Gasteiger partial charge in [0.25, 0.3) is 5.91 Å². The Balaban J connectivity index is 1.97. The Morgan fingerprint density at radius 1 is 1.09 bits per heavy atom. The summed E-state index contributed by atoms with van der Waals surface area (Å²) < 4.78 is 5.31. The molecule has 1 amide bonds. The van der Waals surface area contributed by atoms with Crippen LogP contribution in [0.25, 0.3) is 6.08 Å². The minimum Gasteiger partial charge on any atom is -0.495 e. The van der Waals surface area contributed by atoms with Crippen molar-refractivity contribution in [3.63, 3.8) is 0 Å². The number of para-hydroxylation sites is 2. The number of thiocarbonyl (C=S) groups is 1. The second-order valence-corrected chi connectivity index (χ2v) is 5.10. The van der Waals surface area contributed by atoms with Crippen molar-refractivity contribution in [3.05, 3.63) is 65.9 Å². The van der Waals surface area contributed by atoms with E-state index in [0.717, 1.165) is 5.56 Å². The second kappa shape index (κ2) is 5.99. The summed E-state index contributed by atoms with van der Waals surface area (Å²) >= 11 is 5.30. The number of hydrogen-bond donors (Lipinski definition) is 1. The van der Waals surface area contributed by atoms with Crippen molar-refractivity contribution in [2.45, 2.75) is 0 Å². The number of amides is 1. The SMILES string of the molecule is COc1ccccc1N1C(=O)/C(=C\c2ccccc2)NC1=S. The molecule has 3 rings (SSSR count). The molecule has 0 unspecified atom stereocenters. The number of rotatable bonds is 3. The molecule has 1 aliphatic heterocycles. The van der Waals surface area contributed by atoms with E-state index in [-0.39, 0.29) is 5.91 Å². The molecule has 1 N–H and O–H groups in total. The van der Waals surface area contributed by atoms with Gasteiger partial charge >= 0.3 is 0 Å². The zero-order chi connectivity index (χ0) is 15.5. The van der Waals surface area contributed by atoms with Gasteiger partial charge in [0, 0.05) is 0 Å². The second-order valence-electron chi connectivity index (χ2n) is 4.71.